The minimum atomic E-state index is -0.0248. The summed E-state index contributed by atoms with van der Waals surface area (Å²) in [6.45, 7) is 2.06. The quantitative estimate of drug-likeness (QED) is 0.845. The molecule has 0 fully saturated rings. The molecule has 0 spiro atoms. The molecular weight excluding hydrogens is 214 g/mol. The maximum absolute atomic E-state index is 11.6. The summed E-state index contributed by atoms with van der Waals surface area (Å²) in [6, 6.07) is 8.10. The first-order chi connectivity index (χ1) is 8.25. The Hall–Kier alpha value is -2.10. The van der Waals surface area contributed by atoms with Gasteiger partial charge in [0.1, 0.15) is 0 Å². The van der Waals surface area contributed by atoms with Crippen LogP contribution in [0.25, 0.3) is 0 Å². The van der Waals surface area contributed by atoms with Gasteiger partial charge in [0.15, 0.2) is 0 Å². The minimum absolute atomic E-state index is 0.0248. The van der Waals surface area contributed by atoms with E-state index in [1.165, 1.54) is 11.1 Å². The third-order valence-corrected chi connectivity index (χ3v) is 2.64. The van der Waals surface area contributed by atoms with Crippen molar-refractivity contribution in [3.8, 4) is 0 Å². The Morgan fingerprint density at radius 1 is 1.41 bits per heavy atom. The van der Waals surface area contributed by atoms with E-state index >= 15 is 0 Å². The molecular formula is C13H15N3O. The fraction of sp³-hybridized carbons (Fsp3) is 0.231. The van der Waals surface area contributed by atoms with Crippen molar-refractivity contribution in [2.45, 2.75) is 19.8 Å². The maximum atomic E-state index is 11.6. The number of carbonyl (C=O) groups is 1. The monoisotopic (exact) mass is 229 g/mol. The summed E-state index contributed by atoms with van der Waals surface area (Å²) < 4.78 is 0. The van der Waals surface area contributed by atoms with Crippen LogP contribution in [0, 0.1) is 6.92 Å². The first-order valence-electron chi connectivity index (χ1n) is 5.59. The average molecular weight is 229 g/mol. The van der Waals surface area contributed by atoms with Crippen molar-refractivity contribution >= 4 is 11.9 Å². The highest BCUT2D eigenvalue weighted by molar-refractivity contribution is 5.89. The topological polar surface area (TPSA) is 57.8 Å². The molecule has 0 saturated carbocycles. The van der Waals surface area contributed by atoms with Crippen LogP contribution in [-0.2, 0) is 11.2 Å². The van der Waals surface area contributed by atoms with E-state index < -0.39 is 0 Å². The number of nitrogens with one attached hydrogen (secondary N) is 2. The van der Waals surface area contributed by atoms with Crippen molar-refractivity contribution < 1.29 is 4.79 Å². The molecule has 1 aromatic heterocycles. The number of anilines is 1. The molecule has 0 bridgehead atoms. The second-order valence-corrected chi connectivity index (χ2v) is 3.91. The number of hydrogen-bond acceptors (Lipinski definition) is 2. The summed E-state index contributed by atoms with van der Waals surface area (Å²) in [7, 11) is 0. The number of aromatic nitrogens is 2. The molecule has 0 atom stereocenters. The van der Waals surface area contributed by atoms with Crippen LogP contribution in [0.2, 0.25) is 0 Å². The molecule has 0 saturated heterocycles. The fourth-order valence-electron chi connectivity index (χ4n) is 1.67. The molecule has 2 N–H and O–H groups in total. The molecule has 2 aromatic rings. The number of aryl methyl sites for hydroxylation is 2. The van der Waals surface area contributed by atoms with Gasteiger partial charge in [-0.15, -0.1) is 0 Å². The standard InChI is InChI=1S/C13H15N3O/c1-10-4-2-3-5-11(10)6-7-12(17)16-13-14-8-9-15-13/h2-5,8-9H,6-7H2,1H3,(H2,14,15,16,17). The van der Waals surface area contributed by atoms with Crippen molar-refractivity contribution in [2.24, 2.45) is 0 Å². The normalized spacial score (nSPS) is 10.2. The fourth-order valence-corrected chi connectivity index (χ4v) is 1.67. The largest absolute Gasteiger partial charge is 0.331 e. The number of H-pyrrole nitrogens is 1. The average Bonchev–Trinajstić information content (AvgIpc) is 2.81. The molecule has 17 heavy (non-hydrogen) atoms. The molecule has 4 nitrogen and oxygen atoms in total. The summed E-state index contributed by atoms with van der Waals surface area (Å²) in [4.78, 5) is 18.4. The van der Waals surface area contributed by atoms with E-state index in [4.69, 9.17) is 0 Å². The molecule has 0 aliphatic carbocycles. The van der Waals surface area contributed by atoms with Gasteiger partial charge >= 0.3 is 0 Å². The first kappa shape index (κ1) is 11.4. The van der Waals surface area contributed by atoms with Crippen LogP contribution >= 0.6 is 0 Å². The van der Waals surface area contributed by atoms with E-state index in [1.807, 2.05) is 12.1 Å². The molecule has 1 aromatic carbocycles. The van der Waals surface area contributed by atoms with Crippen molar-refractivity contribution in [1.29, 1.82) is 0 Å². The number of benzene rings is 1. The summed E-state index contributed by atoms with van der Waals surface area (Å²) in [6.07, 6.45) is 4.50. The van der Waals surface area contributed by atoms with Gasteiger partial charge < -0.3 is 4.98 Å². The second-order valence-electron chi connectivity index (χ2n) is 3.91. The van der Waals surface area contributed by atoms with Crippen LogP contribution in [0.15, 0.2) is 36.7 Å². The van der Waals surface area contributed by atoms with Crippen molar-refractivity contribution in [1.82, 2.24) is 9.97 Å². The SMILES string of the molecule is Cc1ccccc1CCC(=O)Nc1ncc[nH]1. The van der Waals surface area contributed by atoms with Crippen LogP contribution in [0.3, 0.4) is 0 Å². The van der Waals surface area contributed by atoms with Crippen molar-refractivity contribution in [3.05, 3.63) is 47.8 Å². The number of aromatic amines is 1. The Kier molecular flexibility index (Phi) is 3.55. The third kappa shape index (κ3) is 3.17. The van der Waals surface area contributed by atoms with Gasteiger partial charge in [-0.3, -0.25) is 10.1 Å². The summed E-state index contributed by atoms with van der Waals surface area (Å²) in [5.41, 5.74) is 2.43. The van der Waals surface area contributed by atoms with Gasteiger partial charge in [0, 0.05) is 18.8 Å². The molecule has 0 unspecified atom stereocenters. The lowest BCUT2D eigenvalue weighted by atomic mass is 10.0. The Morgan fingerprint density at radius 2 is 2.24 bits per heavy atom. The van der Waals surface area contributed by atoms with Crippen LogP contribution in [-0.4, -0.2) is 15.9 Å². The van der Waals surface area contributed by atoms with Gasteiger partial charge in [-0.1, -0.05) is 24.3 Å². The number of amides is 1. The van der Waals surface area contributed by atoms with E-state index in [2.05, 4.69) is 34.3 Å². The van der Waals surface area contributed by atoms with Gasteiger partial charge in [0.05, 0.1) is 0 Å². The zero-order valence-electron chi connectivity index (χ0n) is 9.73. The predicted molar refractivity (Wildman–Crippen MR) is 66.7 cm³/mol. The van der Waals surface area contributed by atoms with E-state index in [-0.39, 0.29) is 5.91 Å². The summed E-state index contributed by atoms with van der Waals surface area (Å²) >= 11 is 0. The van der Waals surface area contributed by atoms with Crippen LogP contribution in [0.5, 0.6) is 0 Å². The Morgan fingerprint density at radius 3 is 2.94 bits per heavy atom. The van der Waals surface area contributed by atoms with Gasteiger partial charge in [-0.2, -0.15) is 0 Å². The van der Waals surface area contributed by atoms with Gasteiger partial charge in [0.2, 0.25) is 11.9 Å². The number of imidazole rings is 1. The van der Waals surface area contributed by atoms with Gasteiger partial charge in [0.25, 0.3) is 0 Å². The second kappa shape index (κ2) is 5.30. The van der Waals surface area contributed by atoms with E-state index in [0.29, 0.717) is 12.4 Å². The van der Waals surface area contributed by atoms with Crippen LogP contribution in [0.4, 0.5) is 5.95 Å². The van der Waals surface area contributed by atoms with E-state index in [1.54, 1.807) is 12.4 Å². The Bertz CT molecular complexity index is 491. The number of hydrogen-bond donors (Lipinski definition) is 2. The highest BCUT2D eigenvalue weighted by Crippen LogP contribution is 2.09. The molecule has 1 heterocycles. The lowest BCUT2D eigenvalue weighted by Crippen LogP contribution is -2.13. The minimum Gasteiger partial charge on any atom is -0.331 e. The lowest BCUT2D eigenvalue weighted by molar-refractivity contribution is -0.116. The van der Waals surface area contributed by atoms with Crippen LogP contribution < -0.4 is 5.32 Å². The highest BCUT2D eigenvalue weighted by atomic mass is 16.1. The molecule has 0 radical (unpaired) electrons. The number of carbonyl (C=O) groups excluding carboxylic acids is 1. The van der Waals surface area contributed by atoms with Gasteiger partial charge in [-0.25, -0.2) is 4.98 Å². The molecule has 1 amide bonds. The Balaban J connectivity index is 1.86. The van der Waals surface area contributed by atoms with E-state index in [9.17, 15) is 4.79 Å². The van der Waals surface area contributed by atoms with Crippen molar-refractivity contribution in [2.75, 3.05) is 5.32 Å². The first-order valence-corrected chi connectivity index (χ1v) is 5.59. The molecule has 4 heteroatoms. The van der Waals surface area contributed by atoms with Crippen LogP contribution in [0.1, 0.15) is 17.5 Å². The lowest BCUT2D eigenvalue weighted by Gasteiger charge is -2.05. The Labute approximate surface area is 100 Å². The molecule has 2 rings (SSSR count). The summed E-state index contributed by atoms with van der Waals surface area (Å²) in [5, 5.41) is 2.71. The third-order valence-electron chi connectivity index (χ3n) is 2.64. The smallest absolute Gasteiger partial charge is 0.227 e. The zero-order valence-corrected chi connectivity index (χ0v) is 9.73. The predicted octanol–water partition coefficient (Wildman–Crippen LogP) is 2.29. The molecule has 0 aliphatic heterocycles. The molecule has 88 valence electrons. The number of rotatable bonds is 4. The van der Waals surface area contributed by atoms with E-state index in [0.717, 1.165) is 6.42 Å². The van der Waals surface area contributed by atoms with Crippen molar-refractivity contribution in [3.63, 3.8) is 0 Å². The highest BCUT2D eigenvalue weighted by Gasteiger charge is 2.05. The zero-order chi connectivity index (χ0) is 12.1. The van der Waals surface area contributed by atoms with Gasteiger partial charge in [-0.05, 0) is 24.5 Å². The maximum Gasteiger partial charge on any atom is 0.227 e. The molecule has 0 aliphatic rings. The summed E-state index contributed by atoms with van der Waals surface area (Å²) in [5.74, 6) is 0.475. The number of nitrogens with zero attached hydrogens (tertiary/aromatic N) is 1.